The van der Waals surface area contributed by atoms with Crippen LogP contribution >= 0.6 is 11.3 Å². The number of halogens is 2. The second-order valence-corrected chi connectivity index (χ2v) is 12.9. The first-order valence-corrected chi connectivity index (χ1v) is 15.2. The van der Waals surface area contributed by atoms with Gasteiger partial charge in [0.2, 0.25) is 0 Å². The second kappa shape index (κ2) is 9.65. The normalized spacial score (nSPS) is 27.2. The standard InChI is InChI=1S/C29H29F2N9OS/c30-15-9-29(6-1-7-39(29)13-15)14-41-28-36-21-8-19(18-4-5-20(31)25-23(18)37-27(33)42-25)22(10-32)35-24(21)26(38-28)40-16-2-3-17(40)12-34-11-16/h4-5,8,15-17,34H,1-3,6-7,9,11-14H2,(H2,33,37)/t15-,16?,17?,29+/m1/s1. The van der Waals surface area contributed by atoms with Crippen molar-refractivity contribution < 1.29 is 13.5 Å². The fourth-order valence-corrected chi connectivity index (χ4v) is 8.30. The smallest absolute Gasteiger partial charge is 0.319 e. The number of benzene rings is 1. The number of ether oxygens (including phenoxy) is 1. The van der Waals surface area contributed by atoms with Gasteiger partial charge in [-0.25, -0.2) is 18.7 Å². The SMILES string of the molecule is N#Cc1nc2c(N3C4CCC3CNC4)nc(OC[C@@]34CCCN3C[C@H](F)C4)nc2cc1-c1ccc(F)c2sc(N)nc12. The van der Waals surface area contributed by atoms with E-state index in [1.165, 1.54) is 6.07 Å². The highest BCUT2D eigenvalue weighted by Crippen LogP contribution is 2.42. The van der Waals surface area contributed by atoms with Gasteiger partial charge in [0, 0.05) is 49.3 Å². The Bertz CT molecular complexity index is 1760. The molecule has 216 valence electrons. The van der Waals surface area contributed by atoms with Crippen molar-refractivity contribution in [3.05, 3.63) is 29.7 Å². The molecular formula is C29H29F2N9OS. The number of fused-ring (bicyclic) bond motifs is 5. The van der Waals surface area contributed by atoms with E-state index >= 15 is 0 Å². The molecule has 0 spiro atoms. The van der Waals surface area contributed by atoms with Gasteiger partial charge in [-0.05, 0) is 50.4 Å². The lowest BCUT2D eigenvalue weighted by Crippen LogP contribution is -2.52. The predicted molar refractivity (Wildman–Crippen MR) is 156 cm³/mol. The number of nitrogens with two attached hydrogens (primary N) is 1. The third-order valence-electron chi connectivity index (χ3n) is 9.40. The molecule has 4 aliphatic heterocycles. The highest BCUT2D eigenvalue weighted by Gasteiger charge is 2.49. The number of nitrogens with zero attached hydrogens (tertiary/aromatic N) is 7. The van der Waals surface area contributed by atoms with Gasteiger partial charge in [-0.2, -0.15) is 15.2 Å². The average molecular weight is 590 g/mol. The molecule has 4 aromatic rings. The number of thiazole rings is 1. The number of pyridine rings is 1. The third-order valence-corrected chi connectivity index (χ3v) is 10.3. The molecule has 7 heterocycles. The van der Waals surface area contributed by atoms with Crippen molar-refractivity contribution in [2.45, 2.75) is 55.9 Å². The summed E-state index contributed by atoms with van der Waals surface area (Å²) in [5.41, 5.74) is 8.20. The van der Waals surface area contributed by atoms with Crippen molar-refractivity contribution in [1.29, 1.82) is 5.26 Å². The lowest BCUT2D eigenvalue weighted by atomic mass is 9.95. The lowest BCUT2D eigenvalue weighted by molar-refractivity contribution is 0.107. The second-order valence-electron chi connectivity index (χ2n) is 11.8. The average Bonchev–Trinajstić information content (AvgIpc) is 3.70. The van der Waals surface area contributed by atoms with Crippen molar-refractivity contribution in [1.82, 2.24) is 30.2 Å². The van der Waals surface area contributed by atoms with E-state index in [0.29, 0.717) is 57.8 Å². The van der Waals surface area contributed by atoms with Gasteiger partial charge in [-0.15, -0.1) is 0 Å². The molecule has 3 aromatic heterocycles. The molecule has 0 radical (unpaired) electrons. The van der Waals surface area contributed by atoms with Crippen LogP contribution in [0, 0.1) is 17.1 Å². The molecule has 4 saturated heterocycles. The van der Waals surface area contributed by atoms with E-state index in [2.05, 4.69) is 26.2 Å². The summed E-state index contributed by atoms with van der Waals surface area (Å²) in [7, 11) is 0. The van der Waals surface area contributed by atoms with E-state index in [1.807, 2.05) is 0 Å². The van der Waals surface area contributed by atoms with Gasteiger partial charge in [0.1, 0.15) is 35.9 Å². The molecule has 4 atom stereocenters. The van der Waals surface area contributed by atoms with E-state index in [1.54, 1.807) is 12.1 Å². The summed E-state index contributed by atoms with van der Waals surface area (Å²) in [6, 6.07) is 7.65. The first kappa shape index (κ1) is 25.9. The molecule has 1 aromatic carbocycles. The summed E-state index contributed by atoms with van der Waals surface area (Å²) in [4.78, 5) is 23.4. The molecule has 0 aliphatic carbocycles. The van der Waals surface area contributed by atoms with Gasteiger partial charge in [0.05, 0.1) is 21.3 Å². The minimum absolute atomic E-state index is 0.170. The maximum atomic E-state index is 14.6. The molecule has 42 heavy (non-hydrogen) atoms. The number of nitrogens with one attached hydrogen (secondary N) is 1. The molecule has 2 bridgehead atoms. The number of hydrogen-bond donors (Lipinski definition) is 2. The van der Waals surface area contributed by atoms with E-state index in [9.17, 15) is 14.0 Å². The minimum Gasteiger partial charge on any atom is -0.461 e. The van der Waals surface area contributed by atoms with E-state index in [0.717, 1.165) is 56.7 Å². The van der Waals surface area contributed by atoms with Crippen LogP contribution in [0.5, 0.6) is 6.01 Å². The van der Waals surface area contributed by atoms with Gasteiger partial charge >= 0.3 is 6.01 Å². The van der Waals surface area contributed by atoms with Gasteiger partial charge < -0.3 is 20.7 Å². The minimum atomic E-state index is -0.859. The van der Waals surface area contributed by atoms with Gasteiger partial charge in [0.25, 0.3) is 0 Å². The van der Waals surface area contributed by atoms with Crippen LogP contribution in [0.4, 0.5) is 19.7 Å². The number of hydrogen-bond acceptors (Lipinski definition) is 11. The summed E-state index contributed by atoms with van der Waals surface area (Å²) >= 11 is 1.06. The van der Waals surface area contributed by atoms with Crippen molar-refractivity contribution in [3.63, 3.8) is 0 Å². The largest absolute Gasteiger partial charge is 0.461 e. The lowest BCUT2D eigenvalue weighted by Gasteiger charge is -2.36. The Morgan fingerprint density at radius 3 is 2.79 bits per heavy atom. The van der Waals surface area contributed by atoms with Crippen LogP contribution in [0.15, 0.2) is 18.2 Å². The third kappa shape index (κ3) is 4.00. The van der Waals surface area contributed by atoms with Gasteiger partial charge in [-0.1, -0.05) is 11.3 Å². The van der Waals surface area contributed by atoms with Crippen LogP contribution in [0.2, 0.25) is 0 Å². The molecular weight excluding hydrogens is 560 g/mol. The Kier molecular flexibility index (Phi) is 5.96. The van der Waals surface area contributed by atoms with Crippen molar-refractivity contribution in [2.24, 2.45) is 0 Å². The number of alkyl halides is 1. The molecule has 3 N–H and O–H groups in total. The zero-order chi connectivity index (χ0) is 28.6. The molecule has 2 unspecified atom stereocenters. The Balaban J connectivity index is 1.28. The van der Waals surface area contributed by atoms with Crippen molar-refractivity contribution in [3.8, 4) is 23.2 Å². The van der Waals surface area contributed by atoms with Crippen LogP contribution in [0.3, 0.4) is 0 Å². The van der Waals surface area contributed by atoms with E-state index in [4.69, 9.17) is 25.4 Å². The van der Waals surface area contributed by atoms with Gasteiger partial charge in [0.15, 0.2) is 10.9 Å². The highest BCUT2D eigenvalue weighted by molar-refractivity contribution is 7.22. The summed E-state index contributed by atoms with van der Waals surface area (Å²) < 4.78 is 35.7. The molecule has 8 rings (SSSR count). The topological polar surface area (TPSA) is 129 Å². The van der Waals surface area contributed by atoms with Crippen molar-refractivity contribution >= 4 is 43.5 Å². The number of aromatic nitrogens is 4. The highest BCUT2D eigenvalue weighted by atomic mass is 32.1. The zero-order valence-electron chi connectivity index (χ0n) is 22.8. The number of rotatable bonds is 5. The fourth-order valence-electron chi connectivity index (χ4n) is 7.54. The maximum absolute atomic E-state index is 14.6. The summed E-state index contributed by atoms with van der Waals surface area (Å²) in [6.07, 6.45) is 3.53. The van der Waals surface area contributed by atoms with Crippen LogP contribution in [0.25, 0.3) is 32.4 Å². The monoisotopic (exact) mass is 589 g/mol. The maximum Gasteiger partial charge on any atom is 0.319 e. The van der Waals surface area contributed by atoms with E-state index in [-0.39, 0.29) is 34.5 Å². The first-order valence-electron chi connectivity index (χ1n) is 14.4. The quantitative estimate of drug-likeness (QED) is 0.355. The Labute approximate surface area is 244 Å². The van der Waals surface area contributed by atoms with Crippen LogP contribution in [0.1, 0.15) is 37.8 Å². The van der Waals surface area contributed by atoms with Gasteiger partial charge in [-0.3, -0.25) is 4.90 Å². The molecule has 4 fully saturated rings. The predicted octanol–water partition coefficient (Wildman–Crippen LogP) is 3.79. The Hall–Kier alpha value is -3.73. The molecule has 4 aliphatic rings. The van der Waals surface area contributed by atoms with Crippen molar-refractivity contribution in [2.75, 3.05) is 43.4 Å². The first-order chi connectivity index (χ1) is 20.4. The van der Waals surface area contributed by atoms with Crippen LogP contribution < -0.4 is 20.7 Å². The van der Waals surface area contributed by atoms with Crippen LogP contribution in [-0.4, -0.2) is 81.4 Å². The summed E-state index contributed by atoms with van der Waals surface area (Å²) in [6.45, 7) is 3.27. The molecule has 13 heteroatoms. The summed E-state index contributed by atoms with van der Waals surface area (Å²) in [5.74, 6) is 0.220. The number of anilines is 2. The Morgan fingerprint density at radius 1 is 1.14 bits per heavy atom. The Morgan fingerprint density at radius 2 is 1.98 bits per heavy atom. The molecule has 10 nitrogen and oxygen atoms in total. The number of nitriles is 1. The zero-order valence-corrected chi connectivity index (χ0v) is 23.6. The van der Waals surface area contributed by atoms with Crippen LogP contribution in [-0.2, 0) is 0 Å². The molecule has 0 saturated carbocycles. The number of nitrogen functional groups attached to an aromatic ring is 1. The van der Waals surface area contributed by atoms with E-state index < -0.39 is 12.0 Å². The number of piperazine rings is 1. The fraction of sp³-hybridized carbons (Fsp3) is 0.483. The molecule has 0 amide bonds. The summed E-state index contributed by atoms with van der Waals surface area (Å²) in [5, 5.41) is 13.9.